The summed E-state index contributed by atoms with van der Waals surface area (Å²) in [5.74, 6) is 1.04. The van der Waals surface area contributed by atoms with Crippen molar-refractivity contribution in [2.75, 3.05) is 24.3 Å². The summed E-state index contributed by atoms with van der Waals surface area (Å²) >= 11 is 1.73. The lowest BCUT2D eigenvalue weighted by Crippen LogP contribution is -2.37. The van der Waals surface area contributed by atoms with Gasteiger partial charge in [-0.05, 0) is 30.4 Å². The highest BCUT2D eigenvalue weighted by Crippen LogP contribution is 2.27. The summed E-state index contributed by atoms with van der Waals surface area (Å²) < 4.78 is 39.3. The summed E-state index contributed by atoms with van der Waals surface area (Å²) in [6.07, 6.45) is 0.831. The van der Waals surface area contributed by atoms with Crippen LogP contribution >= 0.6 is 11.8 Å². The zero-order chi connectivity index (χ0) is 13.3. The fourth-order valence-electron chi connectivity index (χ4n) is 1.84. The number of hydrogen-bond donors (Lipinski definition) is 1. The highest BCUT2D eigenvalue weighted by atomic mass is 32.2. The van der Waals surface area contributed by atoms with E-state index in [1.165, 1.54) is 16.4 Å². The molecule has 18 heavy (non-hydrogen) atoms. The minimum Gasteiger partial charge on any atom is -0.396 e. The van der Waals surface area contributed by atoms with E-state index >= 15 is 0 Å². The third-order valence-electron chi connectivity index (χ3n) is 3.07. The topological polar surface area (TPSA) is 63.4 Å². The van der Waals surface area contributed by atoms with Crippen molar-refractivity contribution in [2.24, 2.45) is 0 Å². The molecule has 1 aromatic rings. The Morgan fingerprint density at radius 1 is 1.50 bits per heavy atom. The molecule has 0 saturated carbocycles. The average molecular weight is 290 g/mol. The quantitative estimate of drug-likeness (QED) is 0.858. The second-order valence-electron chi connectivity index (χ2n) is 4.22. The van der Waals surface area contributed by atoms with Gasteiger partial charge in [-0.2, -0.15) is 16.1 Å². The summed E-state index contributed by atoms with van der Waals surface area (Å²) in [6.45, 7) is 0. The van der Waals surface area contributed by atoms with Gasteiger partial charge in [0.25, 0.3) is 0 Å². The van der Waals surface area contributed by atoms with Gasteiger partial charge in [-0.1, -0.05) is 0 Å². The van der Waals surface area contributed by atoms with E-state index in [4.69, 9.17) is 5.73 Å². The largest absolute Gasteiger partial charge is 0.396 e. The molecule has 0 radical (unpaired) electrons. The Morgan fingerprint density at radius 2 is 2.22 bits per heavy atom. The number of nitrogens with zero attached hydrogens (tertiary/aromatic N) is 1. The highest BCUT2D eigenvalue weighted by molar-refractivity contribution is 7.99. The maximum absolute atomic E-state index is 13.3. The number of nitrogens with two attached hydrogens (primary N) is 1. The monoisotopic (exact) mass is 290 g/mol. The lowest BCUT2D eigenvalue weighted by atomic mass is 10.3. The average Bonchev–Trinajstić information content (AvgIpc) is 2.85. The number of rotatable bonds is 3. The minimum atomic E-state index is -3.64. The SMILES string of the molecule is CN(C1CCSC1)S(=O)(=O)c1ccc(N)c(F)c1. The maximum Gasteiger partial charge on any atom is 0.243 e. The molecular weight excluding hydrogens is 275 g/mol. The van der Waals surface area contributed by atoms with Gasteiger partial charge in [0.1, 0.15) is 5.82 Å². The van der Waals surface area contributed by atoms with E-state index in [1.54, 1.807) is 18.8 Å². The number of nitrogen functional groups attached to an aromatic ring is 1. The van der Waals surface area contributed by atoms with E-state index in [0.29, 0.717) is 0 Å². The Labute approximate surface area is 110 Å². The van der Waals surface area contributed by atoms with Gasteiger partial charge in [-0.25, -0.2) is 12.8 Å². The highest BCUT2D eigenvalue weighted by Gasteiger charge is 2.30. The van der Waals surface area contributed by atoms with Gasteiger partial charge in [0, 0.05) is 18.8 Å². The normalized spacial score (nSPS) is 20.5. The van der Waals surface area contributed by atoms with Crippen LogP contribution in [-0.4, -0.2) is 37.3 Å². The first kappa shape index (κ1) is 13.6. The van der Waals surface area contributed by atoms with E-state index in [1.807, 2.05) is 0 Å². The molecule has 1 unspecified atom stereocenters. The number of benzene rings is 1. The standard InChI is InChI=1S/C11H15FN2O2S2/c1-14(8-4-5-17-7-8)18(15,16)9-2-3-11(13)10(12)6-9/h2-3,6,8H,4-5,7,13H2,1H3. The number of halogens is 1. The first-order valence-corrected chi connectivity index (χ1v) is 8.13. The summed E-state index contributed by atoms with van der Waals surface area (Å²) in [6, 6.07) is 3.58. The maximum atomic E-state index is 13.3. The van der Waals surface area contributed by atoms with Gasteiger partial charge in [-0.15, -0.1) is 0 Å². The number of sulfonamides is 1. The molecule has 7 heteroatoms. The van der Waals surface area contributed by atoms with Gasteiger partial charge in [-0.3, -0.25) is 0 Å². The van der Waals surface area contributed by atoms with Gasteiger partial charge in [0.15, 0.2) is 0 Å². The predicted octanol–water partition coefficient (Wildman–Crippen LogP) is 1.53. The van der Waals surface area contributed by atoms with Crippen molar-refractivity contribution in [1.82, 2.24) is 4.31 Å². The van der Waals surface area contributed by atoms with Crippen molar-refractivity contribution in [3.8, 4) is 0 Å². The molecule has 1 aliphatic heterocycles. The van der Waals surface area contributed by atoms with E-state index in [2.05, 4.69) is 0 Å². The molecule has 1 aliphatic rings. The Bertz CT molecular complexity index is 542. The van der Waals surface area contributed by atoms with Gasteiger partial charge >= 0.3 is 0 Å². The van der Waals surface area contributed by atoms with Crippen LogP contribution in [0.2, 0.25) is 0 Å². The van der Waals surface area contributed by atoms with Crippen molar-refractivity contribution in [1.29, 1.82) is 0 Å². The zero-order valence-electron chi connectivity index (χ0n) is 9.97. The van der Waals surface area contributed by atoms with Crippen LogP contribution < -0.4 is 5.73 Å². The molecule has 0 amide bonds. The third-order valence-corrected chi connectivity index (χ3v) is 6.12. The van der Waals surface area contributed by atoms with E-state index in [9.17, 15) is 12.8 Å². The summed E-state index contributed by atoms with van der Waals surface area (Å²) in [7, 11) is -2.10. The van der Waals surface area contributed by atoms with Crippen molar-refractivity contribution in [3.63, 3.8) is 0 Å². The number of hydrogen-bond acceptors (Lipinski definition) is 4. The fourth-order valence-corrected chi connectivity index (χ4v) is 4.60. The second kappa shape index (κ2) is 5.07. The van der Waals surface area contributed by atoms with Crippen molar-refractivity contribution >= 4 is 27.5 Å². The predicted molar refractivity (Wildman–Crippen MR) is 71.5 cm³/mol. The van der Waals surface area contributed by atoms with Crippen LogP contribution in [0.25, 0.3) is 0 Å². The van der Waals surface area contributed by atoms with Crippen LogP contribution in [0, 0.1) is 5.82 Å². The minimum absolute atomic E-state index is 0.0133. The van der Waals surface area contributed by atoms with Gasteiger partial charge in [0.2, 0.25) is 10.0 Å². The molecule has 1 heterocycles. The van der Waals surface area contributed by atoms with Crippen LogP contribution in [0.3, 0.4) is 0 Å². The Balaban J connectivity index is 2.32. The Kier molecular flexibility index (Phi) is 3.84. The van der Waals surface area contributed by atoms with Crippen LogP contribution in [0.15, 0.2) is 23.1 Å². The smallest absolute Gasteiger partial charge is 0.243 e. The third kappa shape index (κ3) is 2.48. The molecule has 0 aliphatic carbocycles. The van der Waals surface area contributed by atoms with Gasteiger partial charge in [0.05, 0.1) is 10.6 Å². The summed E-state index contributed by atoms with van der Waals surface area (Å²) in [5.41, 5.74) is 5.30. The summed E-state index contributed by atoms with van der Waals surface area (Å²) in [4.78, 5) is -0.0476. The Morgan fingerprint density at radius 3 is 2.78 bits per heavy atom. The van der Waals surface area contributed by atoms with Crippen LogP contribution in [0.4, 0.5) is 10.1 Å². The van der Waals surface area contributed by atoms with Crippen LogP contribution in [0.5, 0.6) is 0 Å². The van der Waals surface area contributed by atoms with E-state index < -0.39 is 15.8 Å². The van der Waals surface area contributed by atoms with Crippen molar-refractivity contribution in [3.05, 3.63) is 24.0 Å². The fraction of sp³-hybridized carbons (Fsp3) is 0.455. The molecule has 1 saturated heterocycles. The van der Waals surface area contributed by atoms with Crippen LogP contribution in [-0.2, 0) is 10.0 Å². The first-order chi connectivity index (χ1) is 8.43. The second-order valence-corrected chi connectivity index (χ2v) is 7.37. The molecule has 2 N–H and O–H groups in total. The molecule has 4 nitrogen and oxygen atoms in total. The van der Waals surface area contributed by atoms with E-state index in [0.717, 1.165) is 24.0 Å². The molecule has 0 bridgehead atoms. The molecule has 0 spiro atoms. The Hall–Kier alpha value is -0.790. The van der Waals surface area contributed by atoms with E-state index in [-0.39, 0.29) is 16.6 Å². The lowest BCUT2D eigenvalue weighted by Gasteiger charge is -2.23. The summed E-state index contributed by atoms with van der Waals surface area (Å²) in [5, 5.41) is 0. The molecule has 0 aromatic heterocycles. The van der Waals surface area contributed by atoms with Crippen LogP contribution in [0.1, 0.15) is 6.42 Å². The molecule has 1 fully saturated rings. The van der Waals surface area contributed by atoms with Crippen molar-refractivity contribution < 1.29 is 12.8 Å². The number of anilines is 1. The zero-order valence-corrected chi connectivity index (χ0v) is 11.6. The molecule has 2 rings (SSSR count). The molecule has 100 valence electrons. The molecule has 1 atom stereocenters. The van der Waals surface area contributed by atoms with Gasteiger partial charge < -0.3 is 5.73 Å². The van der Waals surface area contributed by atoms with Crippen molar-refractivity contribution in [2.45, 2.75) is 17.4 Å². The molecular formula is C11H15FN2O2S2. The first-order valence-electron chi connectivity index (χ1n) is 5.53. The number of thioether (sulfide) groups is 1. The molecule has 1 aromatic carbocycles. The lowest BCUT2D eigenvalue weighted by molar-refractivity contribution is 0.394.